The Morgan fingerprint density at radius 3 is 2.12 bits per heavy atom. The van der Waals surface area contributed by atoms with Crippen LogP contribution in [-0.2, 0) is 32.3 Å². The fraction of sp³-hybridized carbons (Fsp3) is 0.286. The number of carbonyl (C=O) groups excluding carboxylic acids is 2. The molecule has 0 aromatic heterocycles. The summed E-state index contributed by atoms with van der Waals surface area (Å²) < 4.78 is 69.4. The third-order valence-corrected chi connectivity index (χ3v) is 9.14. The van der Waals surface area contributed by atoms with Crippen molar-refractivity contribution in [1.29, 1.82) is 0 Å². The second-order valence-corrected chi connectivity index (χ2v) is 12.4. The lowest BCUT2D eigenvalue weighted by atomic mass is 10.1. The van der Waals surface area contributed by atoms with Crippen LogP contribution in [-0.4, -0.2) is 44.3 Å². The molecule has 0 spiro atoms. The van der Waals surface area contributed by atoms with Gasteiger partial charge in [-0.2, -0.15) is 13.2 Å². The van der Waals surface area contributed by atoms with Gasteiger partial charge in [0.15, 0.2) is 0 Å². The highest BCUT2D eigenvalue weighted by atomic mass is 35.5. The third-order valence-electron chi connectivity index (χ3n) is 6.29. The molecule has 0 aliphatic rings. The topological polar surface area (TPSA) is 86.8 Å². The minimum atomic E-state index is -4.90. The van der Waals surface area contributed by atoms with Crippen LogP contribution in [0, 0.1) is 6.92 Å². The SMILES string of the molecule is CCNC(=O)C(C)N(Cc1ccc(Cl)c(Cl)c1)C(=O)CN(c1ccc(Cl)c(C(F)(F)F)c1)S(=O)(=O)c1ccc(C)cc1. The Morgan fingerprint density at radius 2 is 1.55 bits per heavy atom. The molecule has 0 saturated heterocycles. The van der Waals surface area contributed by atoms with Crippen molar-refractivity contribution in [2.24, 2.45) is 0 Å². The fourth-order valence-corrected chi connectivity index (χ4v) is 5.94. The zero-order chi connectivity index (χ0) is 31.4. The number of hydrogen-bond acceptors (Lipinski definition) is 4. The number of aryl methyl sites for hydroxylation is 1. The molecule has 3 aromatic carbocycles. The maximum absolute atomic E-state index is 13.8. The first kappa shape index (κ1) is 33.5. The van der Waals surface area contributed by atoms with Crippen LogP contribution in [0.1, 0.15) is 30.5 Å². The van der Waals surface area contributed by atoms with Gasteiger partial charge in [-0.1, -0.05) is 58.6 Å². The molecule has 0 aliphatic carbocycles. The van der Waals surface area contributed by atoms with Crippen molar-refractivity contribution < 1.29 is 31.2 Å². The summed E-state index contributed by atoms with van der Waals surface area (Å²) in [6.07, 6.45) is -4.90. The predicted molar refractivity (Wildman–Crippen MR) is 157 cm³/mol. The molecule has 1 atom stereocenters. The summed E-state index contributed by atoms with van der Waals surface area (Å²) in [5, 5.41) is 2.42. The smallest absolute Gasteiger partial charge is 0.355 e. The fourth-order valence-electron chi connectivity index (χ4n) is 3.99. The molecule has 0 bridgehead atoms. The number of benzene rings is 3. The first-order valence-electron chi connectivity index (χ1n) is 12.5. The van der Waals surface area contributed by atoms with Crippen LogP contribution in [0.15, 0.2) is 65.6 Å². The van der Waals surface area contributed by atoms with Gasteiger partial charge in [0.2, 0.25) is 11.8 Å². The van der Waals surface area contributed by atoms with E-state index in [4.69, 9.17) is 34.8 Å². The van der Waals surface area contributed by atoms with Crippen LogP contribution in [0.4, 0.5) is 18.9 Å². The Morgan fingerprint density at radius 1 is 0.929 bits per heavy atom. The molecule has 0 aliphatic heterocycles. The first-order valence-corrected chi connectivity index (χ1v) is 15.1. The Labute approximate surface area is 257 Å². The minimum Gasteiger partial charge on any atom is -0.355 e. The molecule has 2 amide bonds. The van der Waals surface area contributed by atoms with Gasteiger partial charge in [0, 0.05) is 13.1 Å². The molecule has 3 rings (SSSR count). The number of carbonyl (C=O) groups is 2. The predicted octanol–water partition coefficient (Wildman–Crippen LogP) is 6.72. The molecule has 14 heteroatoms. The number of amides is 2. The Hall–Kier alpha value is -2.99. The number of nitrogens with zero attached hydrogens (tertiary/aromatic N) is 2. The van der Waals surface area contributed by atoms with Crippen molar-refractivity contribution in [2.45, 2.75) is 44.4 Å². The molecule has 0 heterocycles. The van der Waals surface area contributed by atoms with E-state index >= 15 is 0 Å². The van der Waals surface area contributed by atoms with Gasteiger partial charge in [-0.25, -0.2) is 8.42 Å². The van der Waals surface area contributed by atoms with Gasteiger partial charge in [-0.05, 0) is 68.8 Å². The summed E-state index contributed by atoms with van der Waals surface area (Å²) in [6.45, 7) is 4.02. The molecule has 226 valence electrons. The second-order valence-electron chi connectivity index (χ2n) is 9.33. The van der Waals surface area contributed by atoms with Gasteiger partial charge in [0.05, 0.1) is 31.2 Å². The monoisotopic (exact) mass is 663 g/mol. The van der Waals surface area contributed by atoms with Gasteiger partial charge < -0.3 is 10.2 Å². The van der Waals surface area contributed by atoms with Gasteiger partial charge in [-0.3, -0.25) is 13.9 Å². The number of alkyl halides is 3. The third kappa shape index (κ3) is 7.89. The van der Waals surface area contributed by atoms with E-state index in [1.165, 1.54) is 43.3 Å². The molecule has 1 N–H and O–H groups in total. The lowest BCUT2D eigenvalue weighted by Crippen LogP contribution is -2.51. The van der Waals surface area contributed by atoms with E-state index in [2.05, 4.69) is 5.32 Å². The number of halogens is 6. The van der Waals surface area contributed by atoms with E-state index < -0.39 is 56.9 Å². The van der Waals surface area contributed by atoms with Crippen LogP contribution in [0.5, 0.6) is 0 Å². The van der Waals surface area contributed by atoms with Crippen LogP contribution < -0.4 is 9.62 Å². The zero-order valence-corrected chi connectivity index (χ0v) is 25.8. The molecule has 7 nitrogen and oxygen atoms in total. The van der Waals surface area contributed by atoms with Crippen LogP contribution in [0.25, 0.3) is 0 Å². The summed E-state index contributed by atoms with van der Waals surface area (Å²) in [7, 11) is -4.58. The molecule has 42 heavy (non-hydrogen) atoms. The van der Waals surface area contributed by atoms with Crippen molar-refractivity contribution >= 4 is 62.3 Å². The molecule has 0 saturated carbocycles. The van der Waals surface area contributed by atoms with Crippen LogP contribution in [0.2, 0.25) is 15.1 Å². The molecular weight excluding hydrogens is 638 g/mol. The van der Waals surface area contributed by atoms with Crippen molar-refractivity contribution in [3.63, 3.8) is 0 Å². The zero-order valence-electron chi connectivity index (χ0n) is 22.7. The highest BCUT2D eigenvalue weighted by Crippen LogP contribution is 2.38. The maximum atomic E-state index is 13.8. The Kier molecular flexibility index (Phi) is 10.8. The van der Waals surface area contributed by atoms with Crippen molar-refractivity contribution in [1.82, 2.24) is 10.2 Å². The van der Waals surface area contributed by atoms with Crippen LogP contribution in [0.3, 0.4) is 0 Å². The molecule has 0 radical (unpaired) electrons. The lowest BCUT2D eigenvalue weighted by molar-refractivity contribution is -0.139. The summed E-state index contributed by atoms with van der Waals surface area (Å²) >= 11 is 17.9. The average molecular weight is 665 g/mol. The van der Waals surface area contributed by atoms with Crippen molar-refractivity contribution in [2.75, 3.05) is 17.4 Å². The van der Waals surface area contributed by atoms with Crippen molar-refractivity contribution in [3.05, 3.63) is 92.4 Å². The minimum absolute atomic E-state index is 0.180. The highest BCUT2D eigenvalue weighted by molar-refractivity contribution is 7.92. The average Bonchev–Trinajstić information content (AvgIpc) is 2.92. The van der Waals surface area contributed by atoms with Crippen LogP contribution >= 0.6 is 34.8 Å². The standard InChI is InChI=1S/C28H27Cl3F3N3O4S/c1-4-35-27(39)18(3)36(15-19-7-11-24(30)25(31)13-19)26(38)16-37(42(40,41)21-9-5-17(2)6-10-21)20-8-12-23(29)22(14-20)28(32,33)34/h5-14,18H,4,15-16H2,1-3H3,(H,35,39). The highest BCUT2D eigenvalue weighted by Gasteiger charge is 2.37. The van der Waals surface area contributed by atoms with E-state index in [9.17, 15) is 31.2 Å². The van der Waals surface area contributed by atoms with Crippen molar-refractivity contribution in [3.8, 4) is 0 Å². The summed E-state index contributed by atoms with van der Waals surface area (Å²) in [6, 6.07) is 11.6. The van der Waals surface area contributed by atoms with E-state index in [-0.39, 0.29) is 28.0 Å². The quantitative estimate of drug-likeness (QED) is 0.261. The number of sulfonamides is 1. The Balaban J connectivity index is 2.13. The number of likely N-dealkylation sites (N-methyl/N-ethyl adjacent to an activating group) is 1. The molecular formula is C28H27Cl3F3N3O4S. The number of hydrogen-bond donors (Lipinski definition) is 1. The Bertz CT molecular complexity index is 1570. The van der Waals surface area contributed by atoms with E-state index in [0.29, 0.717) is 15.9 Å². The van der Waals surface area contributed by atoms with E-state index in [1.807, 2.05) is 0 Å². The summed E-state index contributed by atoms with van der Waals surface area (Å²) in [5.41, 5.74) is -0.499. The van der Waals surface area contributed by atoms with E-state index in [0.717, 1.165) is 22.6 Å². The van der Waals surface area contributed by atoms with Gasteiger partial charge >= 0.3 is 6.18 Å². The van der Waals surface area contributed by atoms with E-state index in [1.54, 1.807) is 19.9 Å². The summed E-state index contributed by atoms with van der Waals surface area (Å²) in [4.78, 5) is 27.5. The van der Waals surface area contributed by atoms with Gasteiger partial charge in [-0.15, -0.1) is 0 Å². The first-order chi connectivity index (χ1) is 19.6. The normalized spacial score (nSPS) is 12.5. The second kappa shape index (κ2) is 13.5. The lowest BCUT2D eigenvalue weighted by Gasteiger charge is -2.32. The maximum Gasteiger partial charge on any atom is 0.417 e. The van der Waals surface area contributed by atoms with Gasteiger partial charge in [0.1, 0.15) is 12.6 Å². The molecule has 3 aromatic rings. The number of nitrogens with one attached hydrogen (secondary N) is 1. The molecule has 1 unspecified atom stereocenters. The number of anilines is 1. The van der Waals surface area contributed by atoms with Gasteiger partial charge in [0.25, 0.3) is 10.0 Å². The number of rotatable bonds is 10. The summed E-state index contributed by atoms with van der Waals surface area (Å²) in [5.74, 6) is -1.39. The molecule has 0 fully saturated rings. The largest absolute Gasteiger partial charge is 0.417 e.